The van der Waals surface area contributed by atoms with Crippen molar-refractivity contribution in [3.63, 3.8) is 0 Å². The number of hydrogen-bond acceptors (Lipinski definition) is 5. The monoisotopic (exact) mass is 505 g/mol. The lowest BCUT2D eigenvalue weighted by atomic mass is 10.0. The van der Waals surface area contributed by atoms with Gasteiger partial charge in [0.05, 0.1) is 41.5 Å². The summed E-state index contributed by atoms with van der Waals surface area (Å²) >= 11 is 0. The van der Waals surface area contributed by atoms with Crippen molar-refractivity contribution < 1.29 is 9.18 Å². The van der Waals surface area contributed by atoms with Gasteiger partial charge in [-0.15, -0.1) is 0 Å². The number of nitrogens with zero attached hydrogens (tertiary/aromatic N) is 4. The molecule has 1 amide bonds. The first-order valence-electron chi connectivity index (χ1n) is 12.1. The summed E-state index contributed by atoms with van der Waals surface area (Å²) in [6, 6.07) is 18.4. The molecule has 6 rings (SSSR count). The second-order valence-electron chi connectivity index (χ2n) is 9.40. The SMILES string of the molecule is CN(C)CC(=O)Nc1cncc(-c2cc3c(-c4cc5c(-c6cccc(F)c6)cccc5[nH]4)n[nH]c3cn2)c1. The number of pyridine rings is 2. The van der Waals surface area contributed by atoms with E-state index in [1.807, 2.05) is 56.6 Å². The lowest BCUT2D eigenvalue weighted by Crippen LogP contribution is -2.27. The number of amides is 1. The number of nitrogens with one attached hydrogen (secondary N) is 3. The predicted molar refractivity (Wildman–Crippen MR) is 147 cm³/mol. The molecule has 0 spiro atoms. The fourth-order valence-corrected chi connectivity index (χ4v) is 4.61. The number of likely N-dealkylation sites (N-methyl/N-ethyl adjacent to an activating group) is 1. The van der Waals surface area contributed by atoms with Gasteiger partial charge in [0.2, 0.25) is 5.91 Å². The summed E-state index contributed by atoms with van der Waals surface area (Å²) in [5.41, 5.74) is 7.11. The van der Waals surface area contributed by atoms with E-state index in [0.717, 1.165) is 49.9 Å². The van der Waals surface area contributed by atoms with E-state index in [9.17, 15) is 9.18 Å². The molecule has 0 saturated carbocycles. The third-order valence-corrected chi connectivity index (χ3v) is 6.28. The highest BCUT2D eigenvalue weighted by molar-refractivity contribution is 6.01. The summed E-state index contributed by atoms with van der Waals surface area (Å²) in [5.74, 6) is -0.393. The number of fused-ring (bicyclic) bond motifs is 2. The standard InChI is InChI=1S/C29H24FN7O/c1-37(2)16-28(38)33-20-10-18(13-31-14-20)25-12-23-27(15-32-25)35-36-29(23)26-11-22-21(7-4-8-24(22)34-26)17-5-3-6-19(30)9-17/h3-15,34H,16H2,1-2H3,(H,33,38)(H,35,36). The van der Waals surface area contributed by atoms with E-state index in [0.29, 0.717) is 11.4 Å². The molecule has 0 atom stereocenters. The first-order chi connectivity index (χ1) is 18.4. The number of H-pyrrole nitrogens is 2. The molecule has 0 radical (unpaired) electrons. The Bertz CT molecular complexity index is 1800. The average Bonchev–Trinajstić information content (AvgIpc) is 3.52. The van der Waals surface area contributed by atoms with Crippen molar-refractivity contribution in [3.8, 4) is 33.8 Å². The quantitative estimate of drug-likeness (QED) is 0.278. The van der Waals surface area contributed by atoms with Gasteiger partial charge in [-0.3, -0.25) is 19.9 Å². The lowest BCUT2D eigenvalue weighted by Gasteiger charge is -2.10. The van der Waals surface area contributed by atoms with E-state index in [1.165, 1.54) is 12.1 Å². The maximum Gasteiger partial charge on any atom is 0.238 e. The van der Waals surface area contributed by atoms with Crippen LogP contribution in [0.2, 0.25) is 0 Å². The normalized spacial score (nSPS) is 11.5. The Morgan fingerprint density at radius 1 is 0.947 bits per heavy atom. The smallest absolute Gasteiger partial charge is 0.238 e. The molecule has 8 nitrogen and oxygen atoms in total. The van der Waals surface area contributed by atoms with E-state index in [4.69, 9.17) is 0 Å². The highest BCUT2D eigenvalue weighted by Crippen LogP contribution is 2.35. The number of carbonyl (C=O) groups excluding carboxylic acids is 1. The van der Waals surface area contributed by atoms with Crippen molar-refractivity contribution in [2.45, 2.75) is 0 Å². The topological polar surface area (TPSA) is 103 Å². The molecule has 0 bridgehead atoms. The number of aromatic amines is 2. The van der Waals surface area contributed by atoms with E-state index >= 15 is 0 Å². The largest absolute Gasteiger partial charge is 0.353 e. The first kappa shape index (κ1) is 23.5. The van der Waals surface area contributed by atoms with E-state index in [1.54, 1.807) is 29.6 Å². The molecule has 2 aromatic carbocycles. The minimum absolute atomic E-state index is 0.120. The Morgan fingerprint density at radius 3 is 2.66 bits per heavy atom. The minimum atomic E-state index is -0.274. The van der Waals surface area contributed by atoms with Crippen molar-refractivity contribution >= 4 is 33.4 Å². The highest BCUT2D eigenvalue weighted by atomic mass is 19.1. The van der Waals surface area contributed by atoms with Gasteiger partial charge in [0, 0.05) is 28.0 Å². The molecule has 0 aliphatic heterocycles. The zero-order chi connectivity index (χ0) is 26.2. The van der Waals surface area contributed by atoms with E-state index < -0.39 is 0 Å². The third-order valence-electron chi connectivity index (χ3n) is 6.28. The Balaban J connectivity index is 1.38. The second-order valence-corrected chi connectivity index (χ2v) is 9.40. The number of benzene rings is 2. The summed E-state index contributed by atoms with van der Waals surface area (Å²) in [7, 11) is 3.68. The summed E-state index contributed by atoms with van der Waals surface area (Å²) in [4.78, 5) is 26.3. The molecular formula is C29H24FN7O. The van der Waals surface area contributed by atoms with Crippen LogP contribution in [0.4, 0.5) is 10.1 Å². The third kappa shape index (κ3) is 4.51. The molecule has 0 unspecified atom stereocenters. The van der Waals surface area contributed by atoms with E-state index in [2.05, 4.69) is 30.5 Å². The van der Waals surface area contributed by atoms with Crippen LogP contribution >= 0.6 is 0 Å². The van der Waals surface area contributed by atoms with Gasteiger partial charge in [0.25, 0.3) is 0 Å². The van der Waals surface area contributed by atoms with Gasteiger partial charge in [-0.1, -0.05) is 24.3 Å². The molecule has 0 aliphatic carbocycles. The van der Waals surface area contributed by atoms with Gasteiger partial charge in [-0.2, -0.15) is 5.10 Å². The first-order valence-corrected chi connectivity index (χ1v) is 12.1. The van der Waals surface area contributed by atoms with Crippen LogP contribution in [-0.4, -0.2) is 56.6 Å². The van der Waals surface area contributed by atoms with Crippen molar-refractivity contribution in [2.75, 3.05) is 26.0 Å². The summed E-state index contributed by atoms with van der Waals surface area (Å²) < 4.78 is 13.9. The molecule has 0 saturated heterocycles. The molecule has 38 heavy (non-hydrogen) atoms. The average molecular weight is 506 g/mol. The number of rotatable bonds is 6. The summed E-state index contributed by atoms with van der Waals surface area (Å²) in [6.07, 6.45) is 5.06. The number of anilines is 1. The predicted octanol–water partition coefficient (Wildman–Crippen LogP) is 5.47. The second kappa shape index (κ2) is 9.53. The van der Waals surface area contributed by atoms with Gasteiger partial charge in [0.1, 0.15) is 11.5 Å². The van der Waals surface area contributed by atoms with Gasteiger partial charge < -0.3 is 15.2 Å². The summed E-state index contributed by atoms with van der Waals surface area (Å²) in [6.45, 7) is 0.276. The van der Waals surface area contributed by atoms with Gasteiger partial charge in [0.15, 0.2) is 0 Å². The van der Waals surface area contributed by atoms with Crippen molar-refractivity contribution in [2.24, 2.45) is 0 Å². The fraction of sp³-hybridized carbons (Fsp3) is 0.103. The van der Waals surface area contributed by atoms with Crippen molar-refractivity contribution in [1.29, 1.82) is 0 Å². The molecule has 9 heteroatoms. The molecule has 0 aliphatic rings. The molecular weight excluding hydrogens is 481 g/mol. The molecule has 4 heterocycles. The van der Waals surface area contributed by atoms with Gasteiger partial charge in [-0.25, -0.2) is 4.39 Å². The van der Waals surface area contributed by atoms with E-state index in [-0.39, 0.29) is 18.3 Å². The number of carbonyl (C=O) groups is 1. The van der Waals surface area contributed by atoms with Crippen LogP contribution in [0.3, 0.4) is 0 Å². The van der Waals surface area contributed by atoms with Crippen molar-refractivity contribution in [1.82, 2.24) is 30.0 Å². The van der Waals surface area contributed by atoms with Gasteiger partial charge >= 0.3 is 0 Å². The van der Waals surface area contributed by atoms with Gasteiger partial charge in [-0.05, 0) is 61.6 Å². The summed E-state index contributed by atoms with van der Waals surface area (Å²) in [5, 5.41) is 12.4. The minimum Gasteiger partial charge on any atom is -0.353 e. The number of aromatic nitrogens is 5. The van der Waals surface area contributed by atoms with Crippen LogP contribution in [0.5, 0.6) is 0 Å². The maximum absolute atomic E-state index is 13.9. The van der Waals surface area contributed by atoms with Crippen LogP contribution in [0.25, 0.3) is 55.6 Å². The Morgan fingerprint density at radius 2 is 1.82 bits per heavy atom. The van der Waals surface area contributed by atoms with Crippen molar-refractivity contribution in [3.05, 3.63) is 85.1 Å². The Hall–Kier alpha value is -4.89. The van der Waals surface area contributed by atoms with Crippen LogP contribution in [0.1, 0.15) is 0 Å². The molecule has 6 aromatic rings. The van der Waals surface area contributed by atoms with Crippen LogP contribution in [0, 0.1) is 5.82 Å². The Labute approximate surface area is 217 Å². The number of hydrogen-bond donors (Lipinski definition) is 3. The molecule has 4 aromatic heterocycles. The van der Waals surface area contributed by atoms with Crippen LogP contribution in [-0.2, 0) is 4.79 Å². The maximum atomic E-state index is 13.9. The zero-order valence-corrected chi connectivity index (χ0v) is 20.8. The van der Waals surface area contributed by atoms with Crippen LogP contribution in [0.15, 0.2) is 79.3 Å². The Kier molecular flexibility index (Phi) is 5.89. The van der Waals surface area contributed by atoms with Crippen LogP contribution < -0.4 is 5.32 Å². The molecule has 0 fully saturated rings. The molecule has 188 valence electrons. The molecule has 3 N–H and O–H groups in total. The fourth-order valence-electron chi connectivity index (χ4n) is 4.61. The number of halogens is 1. The zero-order valence-electron chi connectivity index (χ0n) is 20.8. The highest BCUT2D eigenvalue weighted by Gasteiger charge is 2.15. The lowest BCUT2D eigenvalue weighted by molar-refractivity contribution is -0.116.